The maximum absolute atomic E-state index is 11.4. The predicted molar refractivity (Wildman–Crippen MR) is 80.0 cm³/mol. The fourth-order valence-electron chi connectivity index (χ4n) is 1.82. The summed E-state index contributed by atoms with van der Waals surface area (Å²) in [6.45, 7) is 2.02. The van der Waals surface area contributed by atoms with Crippen LogP contribution >= 0.6 is 11.3 Å². The highest BCUT2D eigenvalue weighted by Crippen LogP contribution is 2.29. The maximum atomic E-state index is 11.4. The van der Waals surface area contributed by atoms with E-state index in [0.29, 0.717) is 11.4 Å². The number of thiophene rings is 1. The Bertz CT molecular complexity index is 647. The smallest absolute Gasteiger partial charge is 0.317 e. The maximum Gasteiger partial charge on any atom is 0.317 e. The lowest BCUT2D eigenvalue weighted by Gasteiger charge is -1.99. The van der Waals surface area contributed by atoms with Crippen molar-refractivity contribution in [3.63, 3.8) is 0 Å². The molecule has 0 unspecified atom stereocenters. The van der Waals surface area contributed by atoms with Gasteiger partial charge in [-0.1, -0.05) is 29.8 Å². The van der Waals surface area contributed by atoms with Gasteiger partial charge in [-0.15, -0.1) is 11.3 Å². The number of nitrogens with two attached hydrogens (primary N) is 2. The Hall–Kier alpha value is -2.34. The van der Waals surface area contributed by atoms with Gasteiger partial charge in [-0.25, -0.2) is 4.79 Å². The number of nitrogens with one attached hydrogen (secondary N) is 1. The van der Waals surface area contributed by atoms with Crippen LogP contribution in [-0.4, -0.2) is 11.9 Å². The summed E-state index contributed by atoms with van der Waals surface area (Å²) in [6.07, 6.45) is 0.672. The molecule has 0 atom stereocenters. The molecular weight excluding hydrogens is 274 g/mol. The molecule has 0 saturated carbocycles. The van der Waals surface area contributed by atoms with Gasteiger partial charge in [0.1, 0.15) is 5.00 Å². The molecule has 1 heterocycles. The van der Waals surface area contributed by atoms with Crippen LogP contribution in [0.1, 0.15) is 26.4 Å². The van der Waals surface area contributed by atoms with E-state index in [9.17, 15) is 9.59 Å². The molecule has 0 spiro atoms. The SMILES string of the molecule is Cc1ccc(Cc2cc(C(N)=O)c(NC(N)=O)s2)cc1. The van der Waals surface area contributed by atoms with Crippen LogP contribution in [0, 0.1) is 6.92 Å². The second kappa shape index (κ2) is 5.75. The predicted octanol–water partition coefficient (Wildman–Crippen LogP) is 2.24. The first-order valence-electron chi connectivity index (χ1n) is 6.00. The quantitative estimate of drug-likeness (QED) is 0.804. The van der Waals surface area contributed by atoms with Gasteiger partial charge in [0.2, 0.25) is 0 Å². The van der Waals surface area contributed by atoms with Crippen LogP contribution in [0.15, 0.2) is 30.3 Å². The van der Waals surface area contributed by atoms with Crippen LogP contribution in [0.5, 0.6) is 0 Å². The first kappa shape index (κ1) is 14.1. The molecule has 2 rings (SSSR count). The molecule has 3 amide bonds. The highest BCUT2D eigenvalue weighted by Gasteiger charge is 2.15. The molecule has 1 aromatic heterocycles. The summed E-state index contributed by atoms with van der Waals surface area (Å²) < 4.78 is 0. The van der Waals surface area contributed by atoms with E-state index in [4.69, 9.17) is 11.5 Å². The monoisotopic (exact) mass is 289 g/mol. The van der Waals surface area contributed by atoms with Crippen LogP contribution in [-0.2, 0) is 6.42 Å². The molecule has 1 aromatic carbocycles. The number of amides is 3. The zero-order valence-electron chi connectivity index (χ0n) is 11.0. The van der Waals surface area contributed by atoms with E-state index in [1.54, 1.807) is 6.07 Å². The van der Waals surface area contributed by atoms with E-state index in [1.165, 1.54) is 16.9 Å². The minimum absolute atomic E-state index is 0.288. The van der Waals surface area contributed by atoms with Gasteiger partial charge in [0.25, 0.3) is 5.91 Å². The van der Waals surface area contributed by atoms with E-state index < -0.39 is 11.9 Å². The first-order valence-corrected chi connectivity index (χ1v) is 6.82. The summed E-state index contributed by atoms with van der Waals surface area (Å²) in [5.41, 5.74) is 13.0. The summed E-state index contributed by atoms with van der Waals surface area (Å²) in [7, 11) is 0. The molecule has 6 heteroatoms. The molecule has 0 aliphatic rings. The van der Waals surface area contributed by atoms with Crippen molar-refractivity contribution in [3.8, 4) is 0 Å². The van der Waals surface area contributed by atoms with Crippen molar-refractivity contribution >= 4 is 28.3 Å². The normalized spacial score (nSPS) is 10.2. The summed E-state index contributed by atoms with van der Waals surface area (Å²) in [5.74, 6) is -0.583. The number of carbonyl (C=O) groups is 2. The molecular formula is C14H15N3O2S. The van der Waals surface area contributed by atoms with Crippen molar-refractivity contribution in [1.29, 1.82) is 0 Å². The van der Waals surface area contributed by atoms with Gasteiger partial charge in [0.15, 0.2) is 0 Å². The molecule has 0 fully saturated rings. The third-order valence-corrected chi connectivity index (χ3v) is 3.83. The zero-order valence-corrected chi connectivity index (χ0v) is 11.8. The number of primary amides is 2. The molecule has 0 radical (unpaired) electrons. The second-order valence-electron chi connectivity index (χ2n) is 4.47. The van der Waals surface area contributed by atoms with E-state index >= 15 is 0 Å². The number of benzene rings is 1. The number of aryl methyl sites for hydroxylation is 1. The fraction of sp³-hybridized carbons (Fsp3) is 0.143. The Balaban J connectivity index is 2.26. The first-order chi connectivity index (χ1) is 9.45. The van der Waals surface area contributed by atoms with Gasteiger partial charge in [-0.3, -0.25) is 10.1 Å². The number of hydrogen-bond donors (Lipinski definition) is 3. The van der Waals surface area contributed by atoms with Crippen molar-refractivity contribution in [1.82, 2.24) is 0 Å². The summed E-state index contributed by atoms with van der Waals surface area (Å²) in [5, 5.41) is 2.82. The minimum Gasteiger partial charge on any atom is -0.366 e. The number of urea groups is 1. The van der Waals surface area contributed by atoms with Crippen LogP contribution in [0.4, 0.5) is 9.80 Å². The fourth-order valence-corrected chi connectivity index (χ4v) is 2.92. The van der Waals surface area contributed by atoms with Crippen molar-refractivity contribution in [2.24, 2.45) is 11.5 Å². The average molecular weight is 289 g/mol. The lowest BCUT2D eigenvalue weighted by Crippen LogP contribution is -2.21. The van der Waals surface area contributed by atoms with Crippen LogP contribution in [0.3, 0.4) is 0 Å². The van der Waals surface area contributed by atoms with E-state index in [-0.39, 0.29) is 5.56 Å². The van der Waals surface area contributed by atoms with Gasteiger partial charge in [-0.2, -0.15) is 0 Å². The highest BCUT2D eigenvalue weighted by atomic mass is 32.1. The summed E-state index contributed by atoms with van der Waals surface area (Å²) >= 11 is 1.30. The van der Waals surface area contributed by atoms with Gasteiger partial charge < -0.3 is 11.5 Å². The van der Waals surface area contributed by atoms with E-state index in [1.807, 2.05) is 31.2 Å². The van der Waals surface area contributed by atoms with Crippen molar-refractivity contribution < 1.29 is 9.59 Å². The lowest BCUT2D eigenvalue weighted by atomic mass is 10.1. The van der Waals surface area contributed by atoms with Crippen LogP contribution < -0.4 is 16.8 Å². The molecule has 20 heavy (non-hydrogen) atoms. The average Bonchev–Trinajstić information content (AvgIpc) is 2.74. The van der Waals surface area contributed by atoms with Crippen molar-refractivity contribution in [3.05, 3.63) is 51.9 Å². The molecule has 0 aliphatic carbocycles. The molecule has 2 aromatic rings. The van der Waals surface area contributed by atoms with E-state index in [2.05, 4.69) is 5.32 Å². The number of rotatable bonds is 4. The topological polar surface area (TPSA) is 98.2 Å². The summed E-state index contributed by atoms with van der Waals surface area (Å²) in [4.78, 5) is 23.2. The summed E-state index contributed by atoms with van der Waals surface area (Å²) in [6, 6.07) is 9.09. The zero-order chi connectivity index (χ0) is 14.7. The minimum atomic E-state index is -0.712. The van der Waals surface area contributed by atoms with Crippen molar-refractivity contribution in [2.75, 3.05) is 5.32 Å². The van der Waals surface area contributed by atoms with Gasteiger partial charge in [0, 0.05) is 11.3 Å². The Kier molecular flexibility index (Phi) is 4.05. The van der Waals surface area contributed by atoms with Gasteiger partial charge in [0.05, 0.1) is 5.56 Å². The molecule has 0 bridgehead atoms. The molecule has 0 saturated heterocycles. The molecule has 0 aliphatic heterocycles. The molecule has 104 valence electrons. The second-order valence-corrected chi connectivity index (χ2v) is 5.61. The number of hydrogen-bond acceptors (Lipinski definition) is 3. The number of anilines is 1. The molecule has 5 nitrogen and oxygen atoms in total. The standard InChI is InChI=1S/C14H15N3O2S/c1-8-2-4-9(5-3-8)6-10-7-11(12(15)18)13(20-10)17-14(16)19/h2-5,7H,6H2,1H3,(H2,15,18)(H3,16,17,19). The number of carbonyl (C=O) groups excluding carboxylic acids is 2. The highest BCUT2D eigenvalue weighted by molar-refractivity contribution is 7.16. The Morgan fingerprint density at radius 1 is 1.20 bits per heavy atom. The largest absolute Gasteiger partial charge is 0.366 e. The third-order valence-electron chi connectivity index (χ3n) is 2.78. The van der Waals surface area contributed by atoms with Gasteiger partial charge >= 0.3 is 6.03 Å². The van der Waals surface area contributed by atoms with Crippen LogP contribution in [0.25, 0.3) is 0 Å². The Morgan fingerprint density at radius 2 is 1.85 bits per heavy atom. The van der Waals surface area contributed by atoms with E-state index in [0.717, 1.165) is 10.4 Å². The Morgan fingerprint density at radius 3 is 2.40 bits per heavy atom. The van der Waals surface area contributed by atoms with Gasteiger partial charge in [-0.05, 0) is 18.6 Å². The third kappa shape index (κ3) is 3.36. The van der Waals surface area contributed by atoms with Crippen molar-refractivity contribution in [2.45, 2.75) is 13.3 Å². The Labute approximate surface area is 120 Å². The van der Waals surface area contributed by atoms with Crippen LogP contribution in [0.2, 0.25) is 0 Å². The molecule has 5 N–H and O–H groups in total. The lowest BCUT2D eigenvalue weighted by molar-refractivity contribution is 0.100.